The molecule has 0 aromatic carbocycles. The molecule has 0 bridgehead atoms. The fraction of sp³-hybridized carbons (Fsp3) is 0.848. The van der Waals surface area contributed by atoms with Crippen LogP contribution in [0.4, 0.5) is 0 Å². The minimum absolute atomic E-state index is 0.169. The Morgan fingerprint density at radius 3 is 1.89 bits per heavy atom. The van der Waals surface area contributed by atoms with Crippen LogP contribution in [0.1, 0.15) is 107 Å². The van der Waals surface area contributed by atoms with Crippen molar-refractivity contribution in [2.24, 2.45) is 23.2 Å². The van der Waals surface area contributed by atoms with Crippen molar-refractivity contribution in [3.8, 4) is 0 Å². The standard InChI is InChI=1S/C33H60O3Si2/c1-24(23-34)29-17-18-30-26(14-13-19-33(29,30)8)16-15-25-20-27(35-37(9,10)31(2,3)4)22-28(21-25)36-38(11,12)32(5,6)7/h15-16,23-24,27-30H,13-14,17-22H2,1-12H3/t24-,27-,28-,29-,30+,33-/m1/s1. The lowest BCUT2D eigenvalue weighted by molar-refractivity contribution is -0.113. The zero-order chi connectivity index (χ0) is 28.7. The van der Waals surface area contributed by atoms with Gasteiger partial charge in [0.1, 0.15) is 6.29 Å². The van der Waals surface area contributed by atoms with Gasteiger partial charge < -0.3 is 13.6 Å². The first kappa shape index (κ1) is 32.0. The summed E-state index contributed by atoms with van der Waals surface area (Å²) in [6.07, 6.45) is 15.9. The topological polar surface area (TPSA) is 35.5 Å². The van der Waals surface area contributed by atoms with E-state index in [4.69, 9.17) is 8.85 Å². The van der Waals surface area contributed by atoms with Gasteiger partial charge in [0.2, 0.25) is 0 Å². The van der Waals surface area contributed by atoms with E-state index in [1.165, 1.54) is 44.0 Å². The molecule has 3 rings (SSSR count). The maximum atomic E-state index is 11.7. The van der Waals surface area contributed by atoms with Crippen LogP contribution in [0.25, 0.3) is 0 Å². The molecule has 3 aliphatic carbocycles. The Morgan fingerprint density at radius 2 is 1.42 bits per heavy atom. The molecule has 0 N–H and O–H groups in total. The van der Waals surface area contributed by atoms with E-state index in [1.54, 1.807) is 5.57 Å². The van der Waals surface area contributed by atoms with Crippen LogP contribution in [0, 0.1) is 23.2 Å². The first-order chi connectivity index (χ1) is 17.3. The van der Waals surface area contributed by atoms with Gasteiger partial charge in [-0.05, 0) is 105 Å². The molecule has 38 heavy (non-hydrogen) atoms. The fourth-order valence-corrected chi connectivity index (χ4v) is 9.83. The number of fused-ring (bicyclic) bond motifs is 1. The maximum absolute atomic E-state index is 11.7. The molecule has 0 radical (unpaired) electrons. The summed E-state index contributed by atoms with van der Waals surface area (Å²) in [7, 11) is -3.73. The summed E-state index contributed by atoms with van der Waals surface area (Å²) in [5.41, 5.74) is 3.40. The molecule has 3 nitrogen and oxygen atoms in total. The van der Waals surface area contributed by atoms with Crippen molar-refractivity contribution in [2.45, 2.75) is 155 Å². The summed E-state index contributed by atoms with van der Waals surface area (Å²) in [4.78, 5) is 11.7. The van der Waals surface area contributed by atoms with Crippen LogP contribution in [0.5, 0.6) is 0 Å². The Morgan fingerprint density at radius 1 is 0.895 bits per heavy atom. The molecule has 0 aliphatic heterocycles. The van der Waals surface area contributed by atoms with Crippen LogP contribution in [0.3, 0.4) is 0 Å². The zero-order valence-electron chi connectivity index (χ0n) is 27.0. The van der Waals surface area contributed by atoms with E-state index in [2.05, 4.69) is 93.7 Å². The van der Waals surface area contributed by atoms with E-state index < -0.39 is 16.6 Å². The van der Waals surface area contributed by atoms with Crippen molar-refractivity contribution < 1.29 is 13.6 Å². The summed E-state index contributed by atoms with van der Waals surface area (Å²) < 4.78 is 14.0. The quantitative estimate of drug-likeness (QED) is 0.229. The van der Waals surface area contributed by atoms with Gasteiger partial charge in [0.05, 0.1) is 12.2 Å². The van der Waals surface area contributed by atoms with Gasteiger partial charge in [0.25, 0.3) is 0 Å². The van der Waals surface area contributed by atoms with Gasteiger partial charge in [-0.2, -0.15) is 0 Å². The molecule has 0 aromatic heterocycles. The van der Waals surface area contributed by atoms with Crippen molar-refractivity contribution >= 4 is 22.9 Å². The second-order valence-corrected chi connectivity index (χ2v) is 25.8. The number of carbonyl (C=O) groups is 1. The Balaban J connectivity index is 1.87. The molecule has 0 amide bonds. The van der Waals surface area contributed by atoms with Gasteiger partial charge in [0, 0.05) is 5.92 Å². The van der Waals surface area contributed by atoms with Crippen LogP contribution >= 0.6 is 0 Å². The maximum Gasteiger partial charge on any atom is 0.192 e. The Hall–Kier alpha value is -0.496. The van der Waals surface area contributed by atoms with E-state index in [0.717, 1.165) is 19.3 Å². The molecule has 0 spiro atoms. The van der Waals surface area contributed by atoms with Gasteiger partial charge in [-0.15, -0.1) is 0 Å². The molecule has 0 aromatic rings. The smallest absolute Gasteiger partial charge is 0.192 e. The highest BCUT2D eigenvalue weighted by molar-refractivity contribution is 6.74. The molecular weight excluding hydrogens is 501 g/mol. The average molecular weight is 561 g/mol. The molecule has 3 aliphatic rings. The molecule has 3 saturated carbocycles. The Kier molecular flexibility index (Phi) is 9.62. The zero-order valence-corrected chi connectivity index (χ0v) is 29.0. The minimum atomic E-state index is -1.87. The average Bonchev–Trinajstić information content (AvgIpc) is 3.12. The van der Waals surface area contributed by atoms with E-state index in [1.807, 2.05) is 0 Å². The van der Waals surface area contributed by atoms with Crippen LogP contribution in [-0.4, -0.2) is 35.1 Å². The van der Waals surface area contributed by atoms with Gasteiger partial charge >= 0.3 is 0 Å². The van der Waals surface area contributed by atoms with Crippen LogP contribution in [0.2, 0.25) is 36.3 Å². The highest BCUT2D eigenvalue weighted by Gasteiger charge is 2.50. The first-order valence-corrected chi connectivity index (χ1v) is 21.3. The predicted octanol–water partition coefficient (Wildman–Crippen LogP) is 9.86. The lowest BCUT2D eigenvalue weighted by Crippen LogP contribution is -2.48. The molecule has 0 unspecified atom stereocenters. The lowest BCUT2D eigenvalue weighted by atomic mass is 9.61. The van der Waals surface area contributed by atoms with E-state index in [9.17, 15) is 4.79 Å². The van der Waals surface area contributed by atoms with E-state index in [-0.39, 0.29) is 33.6 Å². The number of hydrogen-bond acceptors (Lipinski definition) is 3. The Labute approximate surface area is 237 Å². The van der Waals surface area contributed by atoms with Crippen molar-refractivity contribution in [2.75, 3.05) is 0 Å². The van der Waals surface area contributed by atoms with E-state index >= 15 is 0 Å². The van der Waals surface area contributed by atoms with Crippen molar-refractivity contribution in [1.82, 2.24) is 0 Å². The summed E-state index contributed by atoms with van der Waals surface area (Å²) in [6.45, 7) is 28.2. The fourth-order valence-electron chi connectivity index (χ4n) is 7.09. The van der Waals surface area contributed by atoms with E-state index in [0.29, 0.717) is 11.8 Å². The third kappa shape index (κ3) is 6.86. The molecule has 5 heteroatoms. The van der Waals surface area contributed by atoms with Gasteiger partial charge in [-0.3, -0.25) is 0 Å². The minimum Gasteiger partial charge on any atom is -0.414 e. The van der Waals surface area contributed by atoms with Crippen LogP contribution in [-0.2, 0) is 13.6 Å². The normalized spacial score (nSPS) is 33.3. The van der Waals surface area contributed by atoms with Gasteiger partial charge in [0.15, 0.2) is 16.6 Å². The molecule has 6 atom stereocenters. The summed E-state index contributed by atoms with van der Waals surface area (Å²) in [6, 6.07) is 0. The third-order valence-electron chi connectivity index (χ3n) is 11.5. The first-order valence-electron chi connectivity index (χ1n) is 15.5. The lowest BCUT2D eigenvalue weighted by Gasteiger charge is -2.45. The number of rotatable bonds is 7. The Bertz CT molecular complexity index is 866. The monoisotopic (exact) mass is 560 g/mol. The second-order valence-electron chi connectivity index (χ2n) is 16.3. The van der Waals surface area contributed by atoms with Gasteiger partial charge in [-0.25, -0.2) is 0 Å². The predicted molar refractivity (Wildman–Crippen MR) is 168 cm³/mol. The largest absolute Gasteiger partial charge is 0.414 e. The summed E-state index contributed by atoms with van der Waals surface area (Å²) >= 11 is 0. The van der Waals surface area contributed by atoms with Gasteiger partial charge in [-0.1, -0.05) is 78.7 Å². The summed E-state index contributed by atoms with van der Waals surface area (Å²) in [5.74, 6) is 1.32. The SMILES string of the molecule is C[C@H](C=O)[C@H]1CC[C@H]2C(=CC=C3C[C@@H](O[Si](C)(C)C(C)(C)C)C[C@H](O[Si](C)(C)C(C)(C)C)C3)CCC[C@]12C. The second kappa shape index (κ2) is 11.4. The molecule has 3 fully saturated rings. The number of aldehydes is 1. The highest BCUT2D eigenvalue weighted by Crippen LogP contribution is 2.59. The van der Waals surface area contributed by atoms with Crippen molar-refractivity contribution in [3.63, 3.8) is 0 Å². The molecule has 0 heterocycles. The number of hydrogen-bond donors (Lipinski definition) is 0. The third-order valence-corrected chi connectivity index (χ3v) is 20.5. The van der Waals surface area contributed by atoms with Crippen LogP contribution in [0.15, 0.2) is 23.3 Å². The highest BCUT2D eigenvalue weighted by atomic mass is 28.4. The van der Waals surface area contributed by atoms with Crippen LogP contribution < -0.4 is 0 Å². The number of allylic oxidation sites excluding steroid dienone is 3. The molecular formula is C33H60O3Si2. The molecule has 218 valence electrons. The molecule has 0 saturated heterocycles. The number of carbonyl (C=O) groups excluding carboxylic acids is 1. The van der Waals surface area contributed by atoms with Crippen molar-refractivity contribution in [3.05, 3.63) is 23.3 Å². The van der Waals surface area contributed by atoms with Crippen molar-refractivity contribution in [1.29, 1.82) is 0 Å². The summed E-state index contributed by atoms with van der Waals surface area (Å²) in [5, 5.41) is 0.409.